The molecule has 2 heterocycles. The van der Waals surface area contributed by atoms with Gasteiger partial charge in [0.2, 0.25) is 11.8 Å². The van der Waals surface area contributed by atoms with Crippen molar-refractivity contribution < 1.29 is 19.1 Å². The van der Waals surface area contributed by atoms with Gasteiger partial charge in [-0.1, -0.05) is 60.7 Å². The number of nitrogens with two attached hydrogens (primary N) is 1. The van der Waals surface area contributed by atoms with Crippen LogP contribution in [0.5, 0.6) is 0 Å². The van der Waals surface area contributed by atoms with Crippen LogP contribution in [-0.4, -0.2) is 71.7 Å². The monoisotopic (exact) mass is 505 g/mol. The van der Waals surface area contributed by atoms with Crippen LogP contribution in [0.2, 0.25) is 0 Å². The summed E-state index contributed by atoms with van der Waals surface area (Å²) < 4.78 is 5.85. The number of rotatable bonds is 9. The van der Waals surface area contributed by atoms with Crippen LogP contribution in [0.1, 0.15) is 31.4 Å². The molecule has 0 bridgehead atoms. The number of carbonyl (C=O) groups is 3. The van der Waals surface area contributed by atoms with Gasteiger partial charge < -0.3 is 20.7 Å². The number of ether oxygens (including phenoxy) is 1. The van der Waals surface area contributed by atoms with E-state index in [2.05, 4.69) is 10.4 Å². The number of benzene rings is 2. The summed E-state index contributed by atoms with van der Waals surface area (Å²) >= 11 is 0. The molecular formula is C28H35N5O4. The van der Waals surface area contributed by atoms with E-state index in [0.29, 0.717) is 26.0 Å². The lowest BCUT2D eigenvalue weighted by Gasteiger charge is -2.40. The van der Waals surface area contributed by atoms with Crippen molar-refractivity contribution >= 4 is 23.4 Å². The smallest absolute Gasteiger partial charge is 0.256 e. The number of hydrazone groups is 1. The van der Waals surface area contributed by atoms with Gasteiger partial charge in [0.25, 0.3) is 5.91 Å². The number of nitrogens with zero attached hydrogens (tertiary/aromatic N) is 3. The molecule has 37 heavy (non-hydrogen) atoms. The number of amides is 3. The van der Waals surface area contributed by atoms with Gasteiger partial charge in [-0.15, -0.1) is 0 Å². The van der Waals surface area contributed by atoms with Crippen LogP contribution in [-0.2, 0) is 32.1 Å². The van der Waals surface area contributed by atoms with E-state index in [-0.39, 0.29) is 25.0 Å². The number of piperidine rings is 1. The van der Waals surface area contributed by atoms with Crippen LogP contribution in [0.3, 0.4) is 0 Å². The number of likely N-dealkylation sites (tertiary alicyclic amines) is 1. The van der Waals surface area contributed by atoms with E-state index in [1.54, 1.807) is 25.8 Å². The standard InChI is InChI=1S/C28H35N5O4/c1-27(2,29)25(35)30-22(18-37-17-21-12-8-5-9-13-21)24(34)33-15-14-23-28(19-33,26(36)32(3)31-23)16-20-10-6-4-7-11-20/h4-13,22H,14-19,29H2,1-3H3,(H,30,35)/t22?,28-/m1/s1. The van der Waals surface area contributed by atoms with Crippen molar-refractivity contribution in [3.05, 3.63) is 71.8 Å². The number of fused-ring (bicyclic) bond motifs is 1. The van der Waals surface area contributed by atoms with E-state index in [4.69, 9.17) is 10.5 Å². The molecule has 0 spiro atoms. The van der Waals surface area contributed by atoms with E-state index < -0.39 is 22.9 Å². The second kappa shape index (κ2) is 10.8. The van der Waals surface area contributed by atoms with Crippen LogP contribution in [0.15, 0.2) is 65.8 Å². The van der Waals surface area contributed by atoms with Gasteiger partial charge in [0.05, 0.1) is 24.5 Å². The lowest BCUT2D eigenvalue weighted by atomic mass is 9.73. The van der Waals surface area contributed by atoms with Gasteiger partial charge >= 0.3 is 0 Å². The first-order chi connectivity index (χ1) is 17.6. The highest BCUT2D eigenvalue weighted by atomic mass is 16.5. The van der Waals surface area contributed by atoms with Crippen molar-refractivity contribution in [2.24, 2.45) is 16.3 Å². The average Bonchev–Trinajstić information content (AvgIpc) is 3.12. The van der Waals surface area contributed by atoms with Crippen molar-refractivity contribution in [3.8, 4) is 0 Å². The maximum atomic E-state index is 13.8. The number of carbonyl (C=O) groups excluding carboxylic acids is 3. The van der Waals surface area contributed by atoms with E-state index in [9.17, 15) is 14.4 Å². The second-order valence-electron chi connectivity index (χ2n) is 10.4. The van der Waals surface area contributed by atoms with Gasteiger partial charge in [0.15, 0.2) is 0 Å². The lowest BCUT2D eigenvalue weighted by Crippen LogP contribution is -2.61. The molecule has 2 aromatic carbocycles. The Morgan fingerprint density at radius 3 is 2.35 bits per heavy atom. The first-order valence-electron chi connectivity index (χ1n) is 12.5. The van der Waals surface area contributed by atoms with Crippen LogP contribution >= 0.6 is 0 Å². The average molecular weight is 506 g/mol. The third-order valence-corrected chi connectivity index (χ3v) is 6.85. The summed E-state index contributed by atoms with van der Waals surface area (Å²) in [6.45, 7) is 4.02. The van der Waals surface area contributed by atoms with Gasteiger partial charge in [0, 0.05) is 26.6 Å². The van der Waals surface area contributed by atoms with Crippen molar-refractivity contribution in [2.45, 2.75) is 44.9 Å². The third kappa shape index (κ3) is 5.89. The summed E-state index contributed by atoms with van der Waals surface area (Å²) in [7, 11) is 1.65. The van der Waals surface area contributed by atoms with Crippen molar-refractivity contribution in [3.63, 3.8) is 0 Å². The zero-order chi connectivity index (χ0) is 26.6. The molecule has 2 aliphatic heterocycles. The quantitative estimate of drug-likeness (QED) is 0.538. The summed E-state index contributed by atoms with van der Waals surface area (Å²) in [4.78, 5) is 41.6. The molecule has 9 heteroatoms. The first kappa shape index (κ1) is 26.5. The lowest BCUT2D eigenvalue weighted by molar-refractivity contribution is -0.143. The van der Waals surface area contributed by atoms with Gasteiger partial charge in [-0.3, -0.25) is 14.4 Å². The molecule has 1 unspecified atom stereocenters. The molecule has 3 amide bonds. The summed E-state index contributed by atoms with van der Waals surface area (Å²) in [5.74, 6) is -0.892. The van der Waals surface area contributed by atoms with Gasteiger partial charge in [-0.25, -0.2) is 5.01 Å². The number of hydrogen-bond donors (Lipinski definition) is 2. The number of hydrogen-bond acceptors (Lipinski definition) is 6. The third-order valence-electron chi connectivity index (χ3n) is 6.85. The van der Waals surface area contributed by atoms with Crippen molar-refractivity contribution in [1.82, 2.24) is 15.2 Å². The zero-order valence-corrected chi connectivity index (χ0v) is 21.6. The van der Waals surface area contributed by atoms with E-state index in [0.717, 1.165) is 16.8 Å². The van der Waals surface area contributed by atoms with E-state index in [1.807, 2.05) is 60.7 Å². The molecule has 0 aromatic heterocycles. The fourth-order valence-electron chi connectivity index (χ4n) is 4.82. The highest BCUT2D eigenvalue weighted by Crippen LogP contribution is 2.38. The molecule has 1 fully saturated rings. The van der Waals surface area contributed by atoms with Crippen LogP contribution in [0, 0.1) is 5.41 Å². The van der Waals surface area contributed by atoms with E-state index in [1.165, 1.54) is 5.01 Å². The molecule has 0 radical (unpaired) electrons. The summed E-state index contributed by atoms with van der Waals surface area (Å²) in [5, 5.41) is 8.67. The molecule has 4 rings (SSSR count). The van der Waals surface area contributed by atoms with Gasteiger partial charge in [0.1, 0.15) is 11.5 Å². The molecule has 2 atom stereocenters. The Morgan fingerprint density at radius 1 is 1.11 bits per heavy atom. The van der Waals surface area contributed by atoms with E-state index >= 15 is 0 Å². The predicted molar refractivity (Wildman–Crippen MR) is 140 cm³/mol. The summed E-state index contributed by atoms with van der Waals surface area (Å²) in [6, 6.07) is 18.4. The molecule has 2 aromatic rings. The Kier molecular flexibility index (Phi) is 7.75. The number of nitrogens with one attached hydrogen (secondary N) is 1. The molecular weight excluding hydrogens is 470 g/mol. The summed E-state index contributed by atoms with van der Waals surface area (Å²) in [6.07, 6.45) is 0.916. The molecule has 0 aliphatic carbocycles. The normalized spacial score (nSPS) is 20.3. The van der Waals surface area contributed by atoms with Crippen molar-refractivity contribution in [1.29, 1.82) is 0 Å². The molecule has 0 saturated carbocycles. The van der Waals surface area contributed by atoms with Gasteiger partial charge in [-0.05, 0) is 31.4 Å². The van der Waals surface area contributed by atoms with Gasteiger partial charge in [-0.2, -0.15) is 5.10 Å². The van der Waals surface area contributed by atoms with Crippen LogP contribution in [0.25, 0.3) is 0 Å². The minimum Gasteiger partial charge on any atom is -0.374 e. The molecule has 196 valence electrons. The van der Waals surface area contributed by atoms with Crippen LogP contribution in [0.4, 0.5) is 0 Å². The Hall–Kier alpha value is -3.56. The molecule has 3 N–H and O–H groups in total. The maximum Gasteiger partial charge on any atom is 0.256 e. The predicted octanol–water partition coefficient (Wildman–Crippen LogP) is 1.71. The Balaban J connectivity index is 1.54. The SMILES string of the molecule is CN1N=C2CCN(C(=O)C(COCc3ccccc3)NC(=O)C(C)(C)N)C[C@@]2(Cc2ccccc2)C1=O. The van der Waals surface area contributed by atoms with Crippen molar-refractivity contribution in [2.75, 3.05) is 26.7 Å². The minimum absolute atomic E-state index is 0.0213. The zero-order valence-electron chi connectivity index (χ0n) is 21.6. The largest absolute Gasteiger partial charge is 0.374 e. The summed E-state index contributed by atoms with van der Waals surface area (Å²) in [5.41, 5.74) is 6.63. The fourth-order valence-corrected chi connectivity index (χ4v) is 4.82. The topological polar surface area (TPSA) is 117 Å². The second-order valence-corrected chi connectivity index (χ2v) is 10.4. The first-order valence-corrected chi connectivity index (χ1v) is 12.5. The molecule has 2 aliphatic rings. The highest BCUT2D eigenvalue weighted by Gasteiger charge is 2.54. The Labute approximate surface area is 217 Å². The Bertz CT molecular complexity index is 1160. The maximum absolute atomic E-state index is 13.8. The molecule has 9 nitrogen and oxygen atoms in total. The minimum atomic E-state index is -1.17. The Morgan fingerprint density at radius 2 is 1.73 bits per heavy atom. The highest BCUT2D eigenvalue weighted by molar-refractivity contribution is 6.13. The van der Waals surface area contributed by atoms with Crippen LogP contribution < -0.4 is 11.1 Å². The fraction of sp³-hybridized carbons (Fsp3) is 0.429. The molecule has 1 saturated heterocycles.